The molecule has 1 aliphatic carbocycles. The predicted molar refractivity (Wildman–Crippen MR) is 74.4 cm³/mol. The quantitative estimate of drug-likeness (QED) is 0.836. The average Bonchev–Trinajstić information content (AvgIpc) is 2.98. The lowest BCUT2D eigenvalue weighted by Crippen LogP contribution is -2.22. The van der Waals surface area contributed by atoms with Gasteiger partial charge >= 0.3 is 0 Å². The van der Waals surface area contributed by atoms with Crippen molar-refractivity contribution in [3.8, 4) is 0 Å². The van der Waals surface area contributed by atoms with Crippen LogP contribution in [0.15, 0.2) is 24.3 Å². The summed E-state index contributed by atoms with van der Waals surface area (Å²) in [5.74, 6) is 0. The summed E-state index contributed by atoms with van der Waals surface area (Å²) in [5.41, 5.74) is 3.75. The van der Waals surface area contributed by atoms with E-state index in [1.165, 1.54) is 30.4 Å². The molecule has 1 aliphatic rings. The molecule has 0 unspecified atom stereocenters. The molecule has 0 saturated heterocycles. The van der Waals surface area contributed by atoms with Crippen molar-refractivity contribution in [3.63, 3.8) is 0 Å². The first-order chi connectivity index (χ1) is 7.95. The monoisotopic (exact) mass is 231 g/mol. The Labute approximate surface area is 106 Å². The molecule has 0 aliphatic heterocycles. The number of nitrogens with one attached hydrogen (secondary N) is 1. The molecule has 0 amide bonds. The molecular weight excluding hydrogens is 206 g/mol. The standard InChI is InChI=1S/C16H25N/c1-15(2,3)14-7-5-13(6-8-14)11-16(9-10-16)12-17-4/h5-8,17H,9-12H2,1-4H3. The van der Waals surface area contributed by atoms with Gasteiger partial charge in [-0.1, -0.05) is 45.0 Å². The Hall–Kier alpha value is -0.820. The molecule has 94 valence electrons. The fourth-order valence-electron chi connectivity index (χ4n) is 2.52. The second-order valence-electron chi connectivity index (χ2n) is 6.65. The molecule has 1 N–H and O–H groups in total. The zero-order valence-corrected chi connectivity index (χ0v) is 11.6. The normalized spacial score (nSPS) is 18.1. The Morgan fingerprint density at radius 2 is 1.71 bits per heavy atom. The van der Waals surface area contributed by atoms with Crippen LogP contribution in [0.1, 0.15) is 44.7 Å². The minimum atomic E-state index is 0.265. The molecule has 0 aromatic heterocycles. The first kappa shape index (κ1) is 12.6. The fourth-order valence-corrected chi connectivity index (χ4v) is 2.52. The molecular formula is C16H25N. The Kier molecular flexibility index (Phi) is 3.31. The first-order valence-corrected chi connectivity index (χ1v) is 6.69. The average molecular weight is 231 g/mol. The molecule has 1 nitrogen and oxygen atoms in total. The van der Waals surface area contributed by atoms with Crippen molar-refractivity contribution in [2.75, 3.05) is 13.6 Å². The lowest BCUT2D eigenvalue weighted by molar-refractivity contribution is 0.478. The highest BCUT2D eigenvalue weighted by Crippen LogP contribution is 2.47. The van der Waals surface area contributed by atoms with Gasteiger partial charge in [0.2, 0.25) is 0 Å². The summed E-state index contributed by atoms with van der Waals surface area (Å²) in [5, 5.41) is 3.33. The van der Waals surface area contributed by atoms with Gasteiger partial charge in [0, 0.05) is 6.54 Å². The summed E-state index contributed by atoms with van der Waals surface area (Å²) in [6, 6.07) is 9.22. The van der Waals surface area contributed by atoms with Crippen LogP contribution in [0.4, 0.5) is 0 Å². The van der Waals surface area contributed by atoms with Gasteiger partial charge in [0.1, 0.15) is 0 Å². The third-order valence-electron chi connectivity index (χ3n) is 3.91. The van der Waals surface area contributed by atoms with Gasteiger partial charge in [0.15, 0.2) is 0 Å². The van der Waals surface area contributed by atoms with Crippen LogP contribution in [-0.4, -0.2) is 13.6 Å². The van der Waals surface area contributed by atoms with E-state index in [0.29, 0.717) is 5.41 Å². The molecule has 0 atom stereocenters. The van der Waals surface area contributed by atoms with Gasteiger partial charge in [0.25, 0.3) is 0 Å². The third kappa shape index (κ3) is 3.10. The molecule has 1 aromatic rings. The van der Waals surface area contributed by atoms with Crippen molar-refractivity contribution in [3.05, 3.63) is 35.4 Å². The topological polar surface area (TPSA) is 12.0 Å². The molecule has 0 spiro atoms. The second kappa shape index (κ2) is 4.45. The summed E-state index contributed by atoms with van der Waals surface area (Å²) < 4.78 is 0. The maximum Gasteiger partial charge on any atom is 0.000800 e. The number of hydrogen-bond donors (Lipinski definition) is 1. The highest BCUT2D eigenvalue weighted by atomic mass is 14.8. The van der Waals surface area contributed by atoms with Crippen LogP contribution < -0.4 is 5.32 Å². The number of benzene rings is 1. The Morgan fingerprint density at radius 1 is 1.12 bits per heavy atom. The Bertz CT molecular complexity index is 366. The fraction of sp³-hybridized carbons (Fsp3) is 0.625. The Morgan fingerprint density at radius 3 is 2.12 bits per heavy atom. The van der Waals surface area contributed by atoms with Crippen LogP contribution in [-0.2, 0) is 11.8 Å². The van der Waals surface area contributed by atoms with E-state index in [1.807, 2.05) is 0 Å². The molecule has 0 radical (unpaired) electrons. The zero-order valence-electron chi connectivity index (χ0n) is 11.6. The summed E-state index contributed by atoms with van der Waals surface area (Å²) in [6.07, 6.45) is 4.00. The van der Waals surface area contributed by atoms with Crippen LogP contribution in [0.3, 0.4) is 0 Å². The minimum Gasteiger partial charge on any atom is -0.319 e. The van der Waals surface area contributed by atoms with Crippen molar-refractivity contribution < 1.29 is 0 Å². The van der Waals surface area contributed by atoms with Crippen molar-refractivity contribution in [2.45, 2.75) is 45.4 Å². The van der Waals surface area contributed by atoms with Gasteiger partial charge in [-0.25, -0.2) is 0 Å². The smallest absolute Gasteiger partial charge is 0.000800 e. The van der Waals surface area contributed by atoms with E-state index in [4.69, 9.17) is 0 Å². The lowest BCUT2D eigenvalue weighted by atomic mass is 9.86. The van der Waals surface area contributed by atoms with E-state index in [1.54, 1.807) is 0 Å². The summed E-state index contributed by atoms with van der Waals surface area (Å²) >= 11 is 0. The Balaban J connectivity index is 2.04. The first-order valence-electron chi connectivity index (χ1n) is 6.69. The largest absolute Gasteiger partial charge is 0.319 e. The van der Waals surface area contributed by atoms with Crippen molar-refractivity contribution in [2.24, 2.45) is 5.41 Å². The molecule has 0 heterocycles. The summed E-state index contributed by atoms with van der Waals surface area (Å²) in [4.78, 5) is 0. The summed E-state index contributed by atoms with van der Waals surface area (Å²) in [7, 11) is 2.06. The number of rotatable bonds is 4. The van der Waals surface area contributed by atoms with Gasteiger partial charge in [-0.3, -0.25) is 0 Å². The van der Waals surface area contributed by atoms with Gasteiger partial charge in [-0.15, -0.1) is 0 Å². The van der Waals surface area contributed by atoms with Gasteiger partial charge in [-0.2, -0.15) is 0 Å². The zero-order chi connectivity index (χ0) is 12.5. The van der Waals surface area contributed by atoms with E-state index in [2.05, 4.69) is 57.4 Å². The van der Waals surface area contributed by atoms with Crippen LogP contribution in [0.5, 0.6) is 0 Å². The maximum atomic E-state index is 3.33. The van der Waals surface area contributed by atoms with Crippen molar-refractivity contribution in [1.29, 1.82) is 0 Å². The second-order valence-corrected chi connectivity index (χ2v) is 6.65. The van der Waals surface area contributed by atoms with Gasteiger partial charge < -0.3 is 5.32 Å². The molecule has 1 aromatic carbocycles. The van der Waals surface area contributed by atoms with Gasteiger partial charge in [0.05, 0.1) is 0 Å². The minimum absolute atomic E-state index is 0.265. The molecule has 2 rings (SSSR count). The van der Waals surface area contributed by atoms with Crippen molar-refractivity contribution in [1.82, 2.24) is 5.32 Å². The maximum absolute atomic E-state index is 3.33. The van der Waals surface area contributed by atoms with Crippen LogP contribution in [0.25, 0.3) is 0 Å². The van der Waals surface area contributed by atoms with E-state index >= 15 is 0 Å². The van der Waals surface area contributed by atoms with E-state index in [9.17, 15) is 0 Å². The van der Waals surface area contributed by atoms with E-state index in [0.717, 1.165) is 6.54 Å². The molecule has 1 heteroatoms. The highest BCUT2D eigenvalue weighted by molar-refractivity contribution is 5.28. The van der Waals surface area contributed by atoms with Gasteiger partial charge in [-0.05, 0) is 48.3 Å². The van der Waals surface area contributed by atoms with Crippen LogP contribution >= 0.6 is 0 Å². The molecule has 1 saturated carbocycles. The van der Waals surface area contributed by atoms with Crippen molar-refractivity contribution >= 4 is 0 Å². The highest BCUT2D eigenvalue weighted by Gasteiger charge is 2.41. The van der Waals surface area contributed by atoms with Crippen LogP contribution in [0, 0.1) is 5.41 Å². The van der Waals surface area contributed by atoms with E-state index in [-0.39, 0.29) is 5.41 Å². The SMILES string of the molecule is CNCC1(Cc2ccc(C(C)(C)C)cc2)CC1. The number of hydrogen-bond acceptors (Lipinski definition) is 1. The molecule has 1 fully saturated rings. The van der Waals surface area contributed by atoms with Crippen LogP contribution in [0.2, 0.25) is 0 Å². The summed E-state index contributed by atoms with van der Waals surface area (Å²) in [6.45, 7) is 7.97. The third-order valence-corrected chi connectivity index (χ3v) is 3.91. The predicted octanol–water partition coefficient (Wildman–Crippen LogP) is 3.53. The molecule has 17 heavy (non-hydrogen) atoms. The lowest BCUT2D eigenvalue weighted by Gasteiger charge is -2.20. The van der Waals surface area contributed by atoms with E-state index < -0.39 is 0 Å². The molecule has 0 bridgehead atoms.